The molecule has 0 saturated heterocycles. The highest BCUT2D eigenvalue weighted by Crippen LogP contribution is 2.30. The molecule has 0 radical (unpaired) electrons. The standard InChI is InChI=1S/C24H20Cl2N4OS/c1-15-5-3-6-16(2)22(15)27-21(31)14-32-24-29-28-23(17-7-4-8-19(26)13-17)30(24)20-11-9-18(25)10-12-20/h3-13H,14H2,1-2H3,(H,27,31). The van der Waals surface area contributed by atoms with Crippen molar-refractivity contribution >= 4 is 46.6 Å². The number of aryl methyl sites for hydroxylation is 2. The minimum atomic E-state index is -0.109. The second kappa shape index (κ2) is 9.77. The lowest BCUT2D eigenvalue weighted by molar-refractivity contribution is -0.113. The third-order valence-electron chi connectivity index (χ3n) is 4.88. The Balaban J connectivity index is 1.62. The molecular weight excluding hydrogens is 463 g/mol. The summed E-state index contributed by atoms with van der Waals surface area (Å²) in [4.78, 5) is 12.7. The summed E-state index contributed by atoms with van der Waals surface area (Å²) in [7, 11) is 0. The predicted molar refractivity (Wildman–Crippen MR) is 132 cm³/mol. The smallest absolute Gasteiger partial charge is 0.234 e. The Morgan fingerprint density at radius 2 is 1.62 bits per heavy atom. The van der Waals surface area contributed by atoms with Crippen LogP contribution in [0.3, 0.4) is 0 Å². The third kappa shape index (κ3) is 4.99. The van der Waals surface area contributed by atoms with Crippen LogP contribution in [0.25, 0.3) is 17.1 Å². The van der Waals surface area contributed by atoms with Crippen molar-refractivity contribution in [2.75, 3.05) is 11.1 Å². The maximum atomic E-state index is 12.7. The van der Waals surface area contributed by atoms with Crippen LogP contribution in [-0.4, -0.2) is 26.4 Å². The van der Waals surface area contributed by atoms with Crippen LogP contribution in [-0.2, 0) is 4.79 Å². The summed E-state index contributed by atoms with van der Waals surface area (Å²) >= 11 is 13.6. The van der Waals surface area contributed by atoms with Crippen molar-refractivity contribution in [1.82, 2.24) is 14.8 Å². The first-order valence-corrected chi connectivity index (χ1v) is 11.6. The van der Waals surface area contributed by atoms with E-state index in [1.165, 1.54) is 11.8 Å². The van der Waals surface area contributed by atoms with E-state index in [1.54, 1.807) is 12.1 Å². The van der Waals surface area contributed by atoms with Crippen molar-refractivity contribution in [2.45, 2.75) is 19.0 Å². The number of carbonyl (C=O) groups is 1. The van der Waals surface area contributed by atoms with Gasteiger partial charge in [-0.05, 0) is 61.4 Å². The van der Waals surface area contributed by atoms with E-state index in [-0.39, 0.29) is 11.7 Å². The number of halogens is 2. The van der Waals surface area contributed by atoms with Crippen molar-refractivity contribution in [3.63, 3.8) is 0 Å². The lowest BCUT2D eigenvalue weighted by Crippen LogP contribution is -2.16. The van der Waals surface area contributed by atoms with E-state index in [1.807, 2.05) is 73.0 Å². The SMILES string of the molecule is Cc1cccc(C)c1NC(=O)CSc1nnc(-c2cccc(Cl)c2)n1-c1ccc(Cl)cc1. The number of thioether (sulfide) groups is 1. The summed E-state index contributed by atoms with van der Waals surface area (Å²) in [5.74, 6) is 0.713. The first-order chi connectivity index (χ1) is 15.4. The number of amides is 1. The van der Waals surface area contributed by atoms with Crippen molar-refractivity contribution < 1.29 is 4.79 Å². The molecule has 162 valence electrons. The van der Waals surface area contributed by atoms with Crippen LogP contribution in [0.2, 0.25) is 10.0 Å². The van der Waals surface area contributed by atoms with Gasteiger partial charge in [0.05, 0.1) is 5.75 Å². The summed E-state index contributed by atoms with van der Waals surface area (Å²) < 4.78 is 1.90. The Morgan fingerprint density at radius 1 is 0.938 bits per heavy atom. The number of carbonyl (C=O) groups excluding carboxylic acids is 1. The van der Waals surface area contributed by atoms with Gasteiger partial charge in [-0.3, -0.25) is 9.36 Å². The summed E-state index contributed by atoms with van der Waals surface area (Å²) in [5.41, 5.74) is 4.56. The van der Waals surface area contributed by atoms with Gasteiger partial charge in [0, 0.05) is 27.0 Å². The van der Waals surface area contributed by atoms with Crippen molar-refractivity contribution in [2.24, 2.45) is 0 Å². The summed E-state index contributed by atoms with van der Waals surface area (Å²) in [5, 5.41) is 13.6. The van der Waals surface area contributed by atoms with E-state index < -0.39 is 0 Å². The molecule has 1 amide bonds. The molecule has 0 aliphatic rings. The molecule has 0 aliphatic carbocycles. The largest absolute Gasteiger partial charge is 0.325 e. The number of rotatable bonds is 6. The molecular formula is C24H20Cl2N4OS. The van der Waals surface area contributed by atoms with E-state index in [0.717, 1.165) is 28.1 Å². The van der Waals surface area contributed by atoms with Gasteiger partial charge in [0.1, 0.15) is 0 Å². The normalized spacial score (nSPS) is 10.9. The number of para-hydroxylation sites is 1. The van der Waals surface area contributed by atoms with Gasteiger partial charge in [-0.2, -0.15) is 0 Å². The second-order valence-electron chi connectivity index (χ2n) is 7.23. The number of nitrogens with one attached hydrogen (secondary N) is 1. The number of anilines is 1. The van der Waals surface area contributed by atoms with E-state index in [4.69, 9.17) is 23.2 Å². The van der Waals surface area contributed by atoms with Gasteiger partial charge in [-0.25, -0.2) is 0 Å². The third-order valence-corrected chi connectivity index (χ3v) is 6.29. The van der Waals surface area contributed by atoms with E-state index in [0.29, 0.717) is 21.0 Å². The maximum absolute atomic E-state index is 12.7. The molecule has 4 rings (SSSR count). The summed E-state index contributed by atoms with van der Waals surface area (Å²) in [6, 6.07) is 20.7. The fraction of sp³-hybridized carbons (Fsp3) is 0.125. The zero-order valence-corrected chi connectivity index (χ0v) is 19.8. The molecule has 4 aromatic rings. The maximum Gasteiger partial charge on any atom is 0.234 e. The molecule has 1 N–H and O–H groups in total. The number of hydrogen-bond donors (Lipinski definition) is 1. The van der Waals surface area contributed by atoms with Crippen molar-refractivity contribution in [3.05, 3.63) is 87.9 Å². The topological polar surface area (TPSA) is 59.8 Å². The Bertz CT molecular complexity index is 1250. The molecule has 0 unspecified atom stereocenters. The van der Waals surface area contributed by atoms with Crippen LogP contribution < -0.4 is 5.32 Å². The molecule has 0 saturated carbocycles. The Hall–Kier alpha value is -2.80. The van der Waals surface area contributed by atoms with Gasteiger partial charge in [0.15, 0.2) is 11.0 Å². The Kier molecular flexibility index (Phi) is 6.84. The minimum Gasteiger partial charge on any atom is -0.325 e. The number of nitrogens with zero attached hydrogens (tertiary/aromatic N) is 3. The molecule has 5 nitrogen and oxygen atoms in total. The quantitative estimate of drug-likeness (QED) is 0.315. The first kappa shape index (κ1) is 22.4. The molecule has 3 aromatic carbocycles. The average Bonchev–Trinajstić information content (AvgIpc) is 3.19. The molecule has 0 bridgehead atoms. The van der Waals surface area contributed by atoms with Crippen LogP contribution >= 0.6 is 35.0 Å². The van der Waals surface area contributed by atoms with Gasteiger partial charge < -0.3 is 5.32 Å². The van der Waals surface area contributed by atoms with E-state index >= 15 is 0 Å². The second-order valence-corrected chi connectivity index (χ2v) is 9.05. The van der Waals surface area contributed by atoms with Gasteiger partial charge in [-0.15, -0.1) is 10.2 Å². The molecule has 1 heterocycles. The molecule has 1 aromatic heterocycles. The number of aromatic nitrogens is 3. The zero-order valence-electron chi connectivity index (χ0n) is 17.5. The predicted octanol–water partition coefficient (Wildman–Crippen LogP) is 6.59. The van der Waals surface area contributed by atoms with Crippen molar-refractivity contribution in [1.29, 1.82) is 0 Å². The molecule has 0 aliphatic heterocycles. The highest BCUT2D eigenvalue weighted by molar-refractivity contribution is 7.99. The van der Waals surface area contributed by atoms with Crippen LogP contribution in [0.4, 0.5) is 5.69 Å². The first-order valence-electron chi connectivity index (χ1n) is 9.88. The van der Waals surface area contributed by atoms with E-state index in [2.05, 4.69) is 15.5 Å². The highest BCUT2D eigenvalue weighted by atomic mass is 35.5. The fourth-order valence-electron chi connectivity index (χ4n) is 3.32. The Morgan fingerprint density at radius 3 is 2.31 bits per heavy atom. The lowest BCUT2D eigenvalue weighted by atomic mass is 10.1. The number of hydrogen-bond acceptors (Lipinski definition) is 4. The molecule has 0 fully saturated rings. The van der Waals surface area contributed by atoms with E-state index in [9.17, 15) is 4.79 Å². The van der Waals surface area contributed by atoms with Crippen LogP contribution in [0.15, 0.2) is 71.9 Å². The Labute approximate surface area is 200 Å². The van der Waals surface area contributed by atoms with Gasteiger partial charge in [-0.1, -0.05) is 65.3 Å². The highest BCUT2D eigenvalue weighted by Gasteiger charge is 2.18. The lowest BCUT2D eigenvalue weighted by Gasteiger charge is -2.12. The molecule has 0 spiro atoms. The van der Waals surface area contributed by atoms with Gasteiger partial charge in [0.25, 0.3) is 0 Å². The monoisotopic (exact) mass is 482 g/mol. The molecule has 0 atom stereocenters. The fourth-order valence-corrected chi connectivity index (χ4v) is 4.39. The average molecular weight is 483 g/mol. The summed E-state index contributed by atoms with van der Waals surface area (Å²) in [6.45, 7) is 3.95. The van der Waals surface area contributed by atoms with Gasteiger partial charge >= 0.3 is 0 Å². The summed E-state index contributed by atoms with van der Waals surface area (Å²) in [6.07, 6.45) is 0. The zero-order chi connectivity index (χ0) is 22.7. The van der Waals surface area contributed by atoms with Crippen LogP contribution in [0.5, 0.6) is 0 Å². The number of benzene rings is 3. The molecule has 32 heavy (non-hydrogen) atoms. The van der Waals surface area contributed by atoms with Crippen LogP contribution in [0.1, 0.15) is 11.1 Å². The van der Waals surface area contributed by atoms with Crippen molar-refractivity contribution in [3.8, 4) is 17.1 Å². The van der Waals surface area contributed by atoms with Crippen LogP contribution in [0, 0.1) is 13.8 Å². The minimum absolute atomic E-state index is 0.109. The van der Waals surface area contributed by atoms with Gasteiger partial charge in [0.2, 0.25) is 5.91 Å². The molecule has 8 heteroatoms.